The zero-order valence-corrected chi connectivity index (χ0v) is 10.9. The highest BCUT2D eigenvalue weighted by Crippen LogP contribution is 2.28. The smallest absolute Gasteiger partial charge is 0.168 e. The summed E-state index contributed by atoms with van der Waals surface area (Å²) < 4.78 is 26.9. The molecule has 1 aromatic carbocycles. The molecule has 1 unspecified atom stereocenters. The third-order valence-electron chi connectivity index (χ3n) is 3.69. The van der Waals surface area contributed by atoms with Gasteiger partial charge in [-0.15, -0.1) is 0 Å². The van der Waals surface area contributed by atoms with E-state index in [1.807, 2.05) is 23.1 Å². The van der Waals surface area contributed by atoms with E-state index in [4.69, 9.17) is 5.73 Å². The Hall–Kier alpha value is -2.01. The monoisotopic (exact) mass is 275 g/mol. The number of nitrogens with two attached hydrogens (primary N) is 1. The highest BCUT2D eigenvalue weighted by Gasteiger charge is 2.27. The molecule has 0 aliphatic carbocycles. The van der Waals surface area contributed by atoms with Gasteiger partial charge in [-0.2, -0.15) is 0 Å². The van der Waals surface area contributed by atoms with E-state index in [1.54, 1.807) is 0 Å². The largest absolute Gasteiger partial charge is 0.345 e. The van der Waals surface area contributed by atoms with Crippen molar-refractivity contribution in [3.63, 3.8) is 0 Å². The van der Waals surface area contributed by atoms with Crippen LogP contribution in [-0.4, -0.2) is 17.6 Å². The second-order valence-corrected chi connectivity index (χ2v) is 4.95. The van der Waals surface area contributed by atoms with Gasteiger partial charge in [0.1, 0.15) is 5.82 Å². The fraction of sp³-hybridized carbons (Fsp3) is 0.267. The van der Waals surface area contributed by atoms with Crippen LogP contribution >= 0.6 is 0 Å². The molecule has 2 aromatic rings. The van der Waals surface area contributed by atoms with Crippen molar-refractivity contribution < 1.29 is 8.78 Å². The van der Waals surface area contributed by atoms with Gasteiger partial charge in [0.2, 0.25) is 0 Å². The normalized spacial score (nSPS) is 17.9. The summed E-state index contributed by atoms with van der Waals surface area (Å²) >= 11 is 0. The molecule has 0 saturated carbocycles. The van der Waals surface area contributed by atoms with E-state index in [0.29, 0.717) is 13.1 Å². The first-order valence-corrected chi connectivity index (χ1v) is 6.53. The van der Waals surface area contributed by atoms with Gasteiger partial charge in [-0.1, -0.05) is 24.3 Å². The molecule has 1 aliphatic heterocycles. The van der Waals surface area contributed by atoms with Crippen LogP contribution in [0, 0.1) is 11.6 Å². The molecule has 0 bridgehead atoms. The van der Waals surface area contributed by atoms with Crippen molar-refractivity contribution in [3.8, 4) is 0 Å². The second kappa shape index (κ2) is 5.17. The maximum atomic E-state index is 13.9. The molecule has 0 saturated heterocycles. The average molecular weight is 275 g/mol. The first-order chi connectivity index (χ1) is 9.69. The quantitative estimate of drug-likeness (QED) is 0.914. The lowest BCUT2D eigenvalue weighted by Gasteiger charge is -2.37. The number of rotatable bonds is 2. The van der Waals surface area contributed by atoms with Crippen LogP contribution in [0.5, 0.6) is 0 Å². The molecule has 0 fully saturated rings. The minimum absolute atomic E-state index is 0.0302. The van der Waals surface area contributed by atoms with Gasteiger partial charge in [0.05, 0.1) is 6.20 Å². The molecule has 3 rings (SSSR count). The van der Waals surface area contributed by atoms with E-state index < -0.39 is 11.6 Å². The Morgan fingerprint density at radius 1 is 1.25 bits per heavy atom. The van der Waals surface area contributed by atoms with Gasteiger partial charge in [0.15, 0.2) is 11.6 Å². The van der Waals surface area contributed by atoms with Crippen molar-refractivity contribution in [2.24, 2.45) is 5.73 Å². The lowest BCUT2D eigenvalue weighted by atomic mass is 9.94. The van der Waals surface area contributed by atoms with Crippen LogP contribution in [0.1, 0.15) is 11.1 Å². The fourth-order valence-electron chi connectivity index (χ4n) is 2.66. The van der Waals surface area contributed by atoms with Gasteiger partial charge in [-0.25, -0.2) is 13.8 Å². The summed E-state index contributed by atoms with van der Waals surface area (Å²) in [5.74, 6) is -1.16. The molecule has 0 spiro atoms. The molecule has 2 heterocycles. The van der Waals surface area contributed by atoms with Crippen molar-refractivity contribution in [1.29, 1.82) is 0 Å². The highest BCUT2D eigenvalue weighted by atomic mass is 19.1. The molecule has 3 nitrogen and oxygen atoms in total. The maximum Gasteiger partial charge on any atom is 0.168 e. The number of benzene rings is 1. The molecule has 1 atom stereocenters. The highest BCUT2D eigenvalue weighted by molar-refractivity contribution is 5.47. The summed E-state index contributed by atoms with van der Waals surface area (Å²) in [6.45, 7) is 0.931. The van der Waals surface area contributed by atoms with Crippen LogP contribution in [0.15, 0.2) is 36.5 Å². The minimum Gasteiger partial charge on any atom is -0.345 e. The molecular formula is C15H15F2N3. The number of nitrogens with zero attached hydrogens (tertiary/aromatic N) is 2. The van der Waals surface area contributed by atoms with Gasteiger partial charge < -0.3 is 10.6 Å². The molecule has 1 aromatic heterocycles. The predicted molar refractivity (Wildman–Crippen MR) is 73.3 cm³/mol. The van der Waals surface area contributed by atoms with Crippen LogP contribution in [0.4, 0.5) is 14.6 Å². The second-order valence-electron chi connectivity index (χ2n) is 4.95. The Morgan fingerprint density at radius 3 is 2.70 bits per heavy atom. The number of fused-ring (bicyclic) bond motifs is 1. The van der Waals surface area contributed by atoms with E-state index in [9.17, 15) is 8.78 Å². The van der Waals surface area contributed by atoms with E-state index in [2.05, 4.69) is 11.1 Å². The summed E-state index contributed by atoms with van der Waals surface area (Å²) in [7, 11) is 0. The SMILES string of the molecule is NCC1Cc2ccccc2CN1c1ncc(F)cc1F. The van der Waals surface area contributed by atoms with Crippen LogP contribution < -0.4 is 10.6 Å². The van der Waals surface area contributed by atoms with Gasteiger partial charge in [0, 0.05) is 25.2 Å². The minimum atomic E-state index is -0.673. The number of pyridine rings is 1. The molecule has 0 radical (unpaired) electrons. The van der Waals surface area contributed by atoms with E-state index in [-0.39, 0.29) is 11.9 Å². The number of anilines is 1. The molecule has 104 valence electrons. The Labute approximate surface area is 116 Å². The predicted octanol–water partition coefficient (Wildman–Crippen LogP) is 2.25. The van der Waals surface area contributed by atoms with Crippen molar-refractivity contribution in [1.82, 2.24) is 4.98 Å². The summed E-state index contributed by atoms with van der Waals surface area (Å²) in [6, 6.07) is 8.83. The first kappa shape index (κ1) is 13.0. The van der Waals surface area contributed by atoms with Crippen LogP contribution in [-0.2, 0) is 13.0 Å². The summed E-state index contributed by atoms with van der Waals surface area (Å²) in [5, 5.41) is 0. The number of halogens is 2. The fourth-order valence-corrected chi connectivity index (χ4v) is 2.66. The third-order valence-corrected chi connectivity index (χ3v) is 3.69. The zero-order chi connectivity index (χ0) is 14.1. The van der Waals surface area contributed by atoms with Crippen LogP contribution in [0.25, 0.3) is 0 Å². The average Bonchev–Trinajstić information content (AvgIpc) is 2.46. The summed E-state index contributed by atoms with van der Waals surface area (Å²) in [5.41, 5.74) is 8.15. The van der Waals surface area contributed by atoms with Gasteiger partial charge in [-0.05, 0) is 17.5 Å². The Balaban J connectivity index is 2.00. The molecule has 0 amide bonds. The maximum absolute atomic E-state index is 13.9. The molecule has 1 aliphatic rings. The Kier molecular flexibility index (Phi) is 3.36. The number of hydrogen-bond donors (Lipinski definition) is 1. The van der Waals surface area contributed by atoms with E-state index >= 15 is 0 Å². The van der Waals surface area contributed by atoms with Crippen molar-refractivity contribution >= 4 is 5.82 Å². The topological polar surface area (TPSA) is 42.1 Å². The van der Waals surface area contributed by atoms with E-state index in [0.717, 1.165) is 24.2 Å². The zero-order valence-electron chi connectivity index (χ0n) is 10.9. The van der Waals surface area contributed by atoms with Crippen molar-refractivity contribution in [2.75, 3.05) is 11.4 Å². The Morgan fingerprint density at radius 2 is 2.00 bits per heavy atom. The van der Waals surface area contributed by atoms with Gasteiger partial charge in [-0.3, -0.25) is 0 Å². The van der Waals surface area contributed by atoms with Crippen molar-refractivity contribution in [2.45, 2.75) is 19.0 Å². The Bertz CT molecular complexity index is 630. The number of hydrogen-bond acceptors (Lipinski definition) is 3. The van der Waals surface area contributed by atoms with Crippen LogP contribution in [0.2, 0.25) is 0 Å². The van der Waals surface area contributed by atoms with Crippen LogP contribution in [0.3, 0.4) is 0 Å². The molecular weight excluding hydrogens is 260 g/mol. The summed E-state index contributed by atoms with van der Waals surface area (Å²) in [6.07, 6.45) is 1.78. The molecule has 2 N–H and O–H groups in total. The lowest BCUT2D eigenvalue weighted by Crippen LogP contribution is -2.45. The van der Waals surface area contributed by atoms with Crippen molar-refractivity contribution in [3.05, 3.63) is 59.3 Å². The molecule has 20 heavy (non-hydrogen) atoms. The third kappa shape index (κ3) is 2.25. The van der Waals surface area contributed by atoms with Gasteiger partial charge >= 0.3 is 0 Å². The lowest BCUT2D eigenvalue weighted by molar-refractivity contribution is 0.521. The number of aromatic nitrogens is 1. The first-order valence-electron chi connectivity index (χ1n) is 6.53. The molecule has 5 heteroatoms. The summed E-state index contributed by atoms with van der Waals surface area (Å²) in [4.78, 5) is 5.71. The standard InChI is InChI=1S/C15H15F2N3/c16-12-6-14(17)15(19-8-12)20-9-11-4-2-1-3-10(11)5-13(20)7-18/h1-4,6,8,13H,5,7,9,18H2. The van der Waals surface area contributed by atoms with E-state index in [1.165, 1.54) is 5.56 Å². The van der Waals surface area contributed by atoms with Gasteiger partial charge in [0.25, 0.3) is 0 Å².